The second kappa shape index (κ2) is 7.57. The molecule has 0 aliphatic heterocycles. The fourth-order valence-corrected chi connectivity index (χ4v) is 3.27. The van der Waals surface area contributed by atoms with E-state index in [-0.39, 0.29) is 28.6 Å². The predicted octanol–water partition coefficient (Wildman–Crippen LogP) is 1.31. The van der Waals surface area contributed by atoms with Gasteiger partial charge in [-0.05, 0) is 39.2 Å². The molecule has 0 atom stereocenters. The highest BCUT2D eigenvalue weighted by Gasteiger charge is 2.31. The third-order valence-electron chi connectivity index (χ3n) is 4.83. The molecule has 1 saturated carbocycles. The molecular formula is C19H24N4O5. The molecule has 9 nitrogen and oxygen atoms in total. The normalized spacial score (nSPS) is 13.9. The fourth-order valence-electron chi connectivity index (χ4n) is 3.27. The number of nitrogens with one attached hydrogen (secondary N) is 1. The summed E-state index contributed by atoms with van der Waals surface area (Å²) in [6, 6.07) is 1.20. The molecule has 2 heterocycles. The summed E-state index contributed by atoms with van der Waals surface area (Å²) in [7, 11) is 0. The molecule has 2 N–H and O–H groups in total. The zero-order chi connectivity index (χ0) is 20.6. The van der Waals surface area contributed by atoms with Crippen LogP contribution in [0.2, 0.25) is 0 Å². The van der Waals surface area contributed by atoms with Gasteiger partial charge in [0.2, 0.25) is 0 Å². The summed E-state index contributed by atoms with van der Waals surface area (Å²) in [6.07, 6.45) is 2.50. The van der Waals surface area contributed by atoms with Gasteiger partial charge in [-0.2, -0.15) is 0 Å². The van der Waals surface area contributed by atoms with Gasteiger partial charge < -0.3 is 10.0 Å². The van der Waals surface area contributed by atoms with E-state index >= 15 is 0 Å². The number of carboxylic acids is 1. The fraction of sp³-hybridized carbons (Fsp3) is 0.526. The van der Waals surface area contributed by atoms with E-state index in [1.165, 1.54) is 9.47 Å². The largest absolute Gasteiger partial charge is 0.480 e. The number of aromatic nitrogens is 3. The molecule has 1 aliphatic carbocycles. The van der Waals surface area contributed by atoms with Crippen molar-refractivity contribution < 1.29 is 14.7 Å². The smallest absolute Gasteiger partial charge is 0.329 e. The van der Waals surface area contributed by atoms with Crippen LogP contribution in [0.1, 0.15) is 62.0 Å². The van der Waals surface area contributed by atoms with Gasteiger partial charge in [-0.25, -0.2) is 9.78 Å². The van der Waals surface area contributed by atoms with E-state index in [0.717, 1.165) is 12.8 Å². The molecule has 0 radical (unpaired) electrons. The molecule has 0 aromatic carbocycles. The summed E-state index contributed by atoms with van der Waals surface area (Å²) in [5.74, 6) is -1.51. The Morgan fingerprint density at radius 3 is 2.57 bits per heavy atom. The summed E-state index contributed by atoms with van der Waals surface area (Å²) >= 11 is 0. The van der Waals surface area contributed by atoms with Crippen LogP contribution in [-0.4, -0.2) is 49.0 Å². The Morgan fingerprint density at radius 1 is 1.36 bits per heavy atom. The average Bonchev–Trinajstić information content (AvgIpc) is 3.46. The minimum atomic E-state index is -1.14. The number of pyridine rings is 1. The van der Waals surface area contributed by atoms with Crippen LogP contribution in [0.25, 0.3) is 11.0 Å². The van der Waals surface area contributed by atoms with Crippen LogP contribution in [0.15, 0.2) is 15.7 Å². The lowest BCUT2D eigenvalue weighted by atomic mass is 10.1. The third kappa shape index (κ3) is 3.69. The molecule has 3 rings (SSSR count). The van der Waals surface area contributed by atoms with E-state index in [2.05, 4.69) is 9.97 Å². The quantitative estimate of drug-likeness (QED) is 0.737. The number of carboxylic acid groups (broad SMARTS) is 1. The summed E-state index contributed by atoms with van der Waals surface area (Å²) < 4.78 is 1.37. The number of aliphatic carboxylic acids is 1. The first-order valence-corrected chi connectivity index (χ1v) is 9.45. The van der Waals surface area contributed by atoms with Gasteiger partial charge in [0.1, 0.15) is 6.54 Å². The number of nitrogens with zero attached hydrogens (tertiary/aromatic N) is 3. The second-order valence-corrected chi connectivity index (χ2v) is 7.40. The van der Waals surface area contributed by atoms with Gasteiger partial charge in [0, 0.05) is 24.2 Å². The Kier molecular flexibility index (Phi) is 5.35. The second-order valence-electron chi connectivity index (χ2n) is 7.40. The van der Waals surface area contributed by atoms with Gasteiger partial charge in [0.15, 0.2) is 5.65 Å². The van der Waals surface area contributed by atoms with Crippen molar-refractivity contribution >= 4 is 22.9 Å². The topological polar surface area (TPSA) is 125 Å². The van der Waals surface area contributed by atoms with Crippen molar-refractivity contribution in [1.82, 2.24) is 19.4 Å². The predicted molar refractivity (Wildman–Crippen MR) is 103 cm³/mol. The third-order valence-corrected chi connectivity index (χ3v) is 4.83. The summed E-state index contributed by atoms with van der Waals surface area (Å²) in [5, 5.41) is 9.21. The Labute approximate surface area is 161 Å². The monoisotopic (exact) mass is 388 g/mol. The van der Waals surface area contributed by atoms with E-state index in [1.54, 1.807) is 19.9 Å². The number of carbonyl (C=O) groups is 2. The maximum atomic E-state index is 13.2. The molecule has 2 aromatic rings. The highest BCUT2D eigenvalue weighted by Crippen LogP contribution is 2.40. The van der Waals surface area contributed by atoms with Crippen molar-refractivity contribution in [2.45, 2.75) is 58.5 Å². The van der Waals surface area contributed by atoms with Crippen molar-refractivity contribution in [1.29, 1.82) is 0 Å². The number of amides is 1. The Morgan fingerprint density at radius 2 is 2.04 bits per heavy atom. The Balaban J connectivity index is 2.30. The van der Waals surface area contributed by atoms with Crippen LogP contribution in [0.3, 0.4) is 0 Å². The minimum absolute atomic E-state index is 0.0264. The number of carbonyl (C=O) groups excluding carboxylic acids is 1. The molecule has 0 spiro atoms. The highest BCUT2D eigenvalue weighted by atomic mass is 16.4. The summed E-state index contributed by atoms with van der Waals surface area (Å²) in [6.45, 7) is 5.19. The van der Waals surface area contributed by atoms with E-state index in [9.17, 15) is 24.3 Å². The molecular weight excluding hydrogens is 364 g/mol. The van der Waals surface area contributed by atoms with Gasteiger partial charge in [0.05, 0.1) is 10.9 Å². The maximum Gasteiger partial charge on any atom is 0.329 e. The van der Waals surface area contributed by atoms with Crippen molar-refractivity contribution in [2.75, 3.05) is 6.54 Å². The van der Waals surface area contributed by atoms with Crippen molar-refractivity contribution in [3.05, 3.63) is 38.2 Å². The molecule has 0 unspecified atom stereocenters. The molecule has 1 fully saturated rings. The number of aromatic amines is 1. The van der Waals surface area contributed by atoms with Gasteiger partial charge in [-0.15, -0.1) is 0 Å². The SMILES string of the molecule is CCCn1c(=O)[nH]c(=O)c2c(C(=O)N(CC(=O)O)C(C)C)cc(C3CC3)nc21. The van der Waals surface area contributed by atoms with E-state index in [1.807, 2.05) is 6.92 Å². The molecule has 28 heavy (non-hydrogen) atoms. The Hall–Kier alpha value is -2.97. The summed E-state index contributed by atoms with van der Waals surface area (Å²) in [5.41, 5.74) is -0.325. The number of H-pyrrole nitrogens is 1. The summed E-state index contributed by atoms with van der Waals surface area (Å²) in [4.78, 5) is 57.4. The minimum Gasteiger partial charge on any atom is -0.480 e. The van der Waals surface area contributed by atoms with E-state index in [4.69, 9.17) is 0 Å². The molecule has 1 aliphatic rings. The number of hydrogen-bond acceptors (Lipinski definition) is 5. The lowest BCUT2D eigenvalue weighted by molar-refractivity contribution is -0.138. The van der Waals surface area contributed by atoms with Crippen molar-refractivity contribution in [3.63, 3.8) is 0 Å². The average molecular weight is 388 g/mol. The van der Waals surface area contributed by atoms with Gasteiger partial charge >= 0.3 is 11.7 Å². The number of fused-ring (bicyclic) bond motifs is 1. The molecule has 0 saturated heterocycles. The maximum absolute atomic E-state index is 13.2. The molecule has 2 aromatic heterocycles. The zero-order valence-electron chi connectivity index (χ0n) is 16.2. The van der Waals surface area contributed by atoms with Crippen LogP contribution in [0, 0.1) is 0 Å². The van der Waals surface area contributed by atoms with Crippen LogP contribution < -0.4 is 11.2 Å². The first kappa shape index (κ1) is 19.8. The first-order valence-electron chi connectivity index (χ1n) is 9.45. The number of rotatable bonds is 7. The standard InChI is InChI=1S/C19H24N4O5/c1-4-7-22-16-15(17(26)21-19(22)28)12(8-13(20-16)11-5-6-11)18(27)23(10(2)3)9-14(24)25/h8,10-11H,4-7,9H2,1-3H3,(H,24,25)(H,21,26,28). The number of aryl methyl sites for hydroxylation is 1. The molecule has 150 valence electrons. The lowest BCUT2D eigenvalue weighted by Gasteiger charge is -2.25. The van der Waals surface area contributed by atoms with Crippen molar-refractivity contribution in [2.24, 2.45) is 0 Å². The first-order chi connectivity index (χ1) is 13.2. The highest BCUT2D eigenvalue weighted by molar-refractivity contribution is 6.06. The lowest BCUT2D eigenvalue weighted by Crippen LogP contribution is -2.41. The van der Waals surface area contributed by atoms with E-state index in [0.29, 0.717) is 18.7 Å². The number of hydrogen-bond donors (Lipinski definition) is 2. The Bertz CT molecular complexity index is 1050. The molecule has 0 bridgehead atoms. The van der Waals surface area contributed by atoms with Gasteiger partial charge in [-0.3, -0.25) is 23.9 Å². The molecule has 9 heteroatoms. The van der Waals surface area contributed by atoms with Crippen LogP contribution in [0.5, 0.6) is 0 Å². The zero-order valence-corrected chi connectivity index (χ0v) is 16.2. The van der Waals surface area contributed by atoms with Crippen LogP contribution >= 0.6 is 0 Å². The van der Waals surface area contributed by atoms with Crippen LogP contribution in [-0.2, 0) is 11.3 Å². The van der Waals surface area contributed by atoms with Crippen LogP contribution in [0.4, 0.5) is 0 Å². The van der Waals surface area contributed by atoms with Gasteiger partial charge in [0.25, 0.3) is 11.5 Å². The van der Waals surface area contributed by atoms with Crippen molar-refractivity contribution in [3.8, 4) is 0 Å². The van der Waals surface area contributed by atoms with E-state index < -0.39 is 29.7 Å². The van der Waals surface area contributed by atoms with Gasteiger partial charge in [-0.1, -0.05) is 6.92 Å². The molecule has 1 amide bonds.